The highest BCUT2D eigenvalue weighted by molar-refractivity contribution is 7.91. The van der Waals surface area contributed by atoms with E-state index >= 15 is 0 Å². The van der Waals surface area contributed by atoms with Gasteiger partial charge in [0, 0.05) is 6.54 Å². The quantitative estimate of drug-likeness (QED) is 0.867. The fraction of sp³-hybridized carbons (Fsp3) is 0.0909. The van der Waals surface area contributed by atoms with Gasteiger partial charge in [0.25, 0.3) is 0 Å². The number of halogens is 4. The zero-order valence-corrected chi connectivity index (χ0v) is 12.1. The smallest absolute Gasteiger partial charge is 0.206 e. The van der Waals surface area contributed by atoms with Gasteiger partial charge in [0.1, 0.15) is 4.21 Å². The predicted molar refractivity (Wildman–Crippen MR) is 69.7 cm³/mol. The summed E-state index contributed by atoms with van der Waals surface area (Å²) in [7, 11) is -3.83. The molecule has 0 saturated heterocycles. The summed E-state index contributed by atoms with van der Waals surface area (Å²) < 4.78 is 64.8. The maximum absolute atomic E-state index is 13.0. The number of benzene rings is 1. The third-order valence-corrected chi connectivity index (χ3v) is 5.45. The van der Waals surface area contributed by atoms with Gasteiger partial charge >= 0.3 is 0 Å². The van der Waals surface area contributed by atoms with Crippen LogP contribution in [0.1, 0.15) is 5.56 Å². The number of hydrogen-bond donors (Lipinski definition) is 1. The minimum Gasteiger partial charge on any atom is -0.206 e. The average Bonchev–Trinajstić information content (AvgIpc) is 2.81. The lowest BCUT2D eigenvalue weighted by molar-refractivity contribution is 0.445. The zero-order valence-electron chi connectivity index (χ0n) is 9.66. The molecule has 0 radical (unpaired) electrons. The molecule has 0 atom stereocenters. The second kappa shape index (κ2) is 5.72. The van der Waals surface area contributed by atoms with Gasteiger partial charge in [-0.3, -0.25) is 0 Å². The van der Waals surface area contributed by atoms with Crippen LogP contribution in [0, 0.1) is 17.5 Å². The Morgan fingerprint density at radius 1 is 1.15 bits per heavy atom. The van der Waals surface area contributed by atoms with Crippen LogP contribution in [0.25, 0.3) is 0 Å². The molecule has 0 fully saturated rings. The van der Waals surface area contributed by atoms with Crippen molar-refractivity contribution in [2.24, 2.45) is 0 Å². The third kappa shape index (κ3) is 3.32. The molecule has 0 aliphatic heterocycles. The number of sulfonamides is 1. The molecule has 0 aliphatic carbocycles. The summed E-state index contributed by atoms with van der Waals surface area (Å²) in [6.07, 6.45) is 0. The fourth-order valence-corrected chi connectivity index (χ4v) is 3.95. The van der Waals surface area contributed by atoms with E-state index in [1.54, 1.807) is 0 Å². The van der Waals surface area contributed by atoms with Gasteiger partial charge in [0.05, 0.1) is 4.34 Å². The Labute approximate surface area is 122 Å². The minimum atomic E-state index is -3.83. The van der Waals surface area contributed by atoms with Crippen molar-refractivity contribution in [2.45, 2.75) is 10.8 Å². The highest BCUT2D eigenvalue weighted by Crippen LogP contribution is 2.25. The summed E-state index contributed by atoms with van der Waals surface area (Å²) >= 11 is 6.47. The lowest BCUT2D eigenvalue weighted by atomic mass is 10.2. The Balaban J connectivity index is 2.16. The van der Waals surface area contributed by atoms with Gasteiger partial charge in [0.2, 0.25) is 10.0 Å². The Morgan fingerprint density at radius 3 is 2.25 bits per heavy atom. The second-order valence-corrected chi connectivity index (χ2v) is 7.47. The topological polar surface area (TPSA) is 46.2 Å². The summed E-state index contributed by atoms with van der Waals surface area (Å²) in [6, 6.07) is 4.17. The van der Waals surface area contributed by atoms with Crippen LogP contribution in [0.3, 0.4) is 0 Å². The molecule has 20 heavy (non-hydrogen) atoms. The van der Waals surface area contributed by atoms with Crippen molar-refractivity contribution in [2.75, 3.05) is 0 Å². The van der Waals surface area contributed by atoms with Crippen molar-refractivity contribution >= 4 is 33.0 Å². The second-order valence-electron chi connectivity index (χ2n) is 3.76. The van der Waals surface area contributed by atoms with E-state index in [1.807, 2.05) is 0 Å². The maximum Gasteiger partial charge on any atom is 0.250 e. The minimum absolute atomic E-state index is 0.0226. The number of rotatable bonds is 4. The van der Waals surface area contributed by atoms with Crippen molar-refractivity contribution in [3.8, 4) is 0 Å². The molecule has 2 rings (SSSR count). The summed E-state index contributed by atoms with van der Waals surface area (Å²) in [4.78, 5) is 0. The Morgan fingerprint density at radius 2 is 1.75 bits per heavy atom. The van der Waals surface area contributed by atoms with Gasteiger partial charge in [-0.1, -0.05) is 11.6 Å². The molecular formula is C11H7ClF3NO2S2. The van der Waals surface area contributed by atoms with E-state index < -0.39 is 27.5 Å². The first kappa shape index (κ1) is 15.3. The van der Waals surface area contributed by atoms with E-state index in [2.05, 4.69) is 4.72 Å². The van der Waals surface area contributed by atoms with Crippen LogP contribution in [0.2, 0.25) is 4.34 Å². The number of thiophene rings is 1. The van der Waals surface area contributed by atoms with Crippen LogP contribution in [-0.4, -0.2) is 8.42 Å². The van der Waals surface area contributed by atoms with E-state index in [1.165, 1.54) is 12.1 Å². The lowest BCUT2D eigenvalue weighted by Crippen LogP contribution is -2.22. The average molecular weight is 342 g/mol. The van der Waals surface area contributed by atoms with Crippen LogP contribution in [0.5, 0.6) is 0 Å². The van der Waals surface area contributed by atoms with Gasteiger partial charge in [-0.2, -0.15) is 0 Å². The molecule has 9 heteroatoms. The predicted octanol–water partition coefficient (Wildman–Crippen LogP) is 3.30. The first-order valence-corrected chi connectivity index (χ1v) is 7.86. The van der Waals surface area contributed by atoms with Crippen molar-refractivity contribution < 1.29 is 21.6 Å². The summed E-state index contributed by atoms with van der Waals surface area (Å²) in [5.41, 5.74) is -0.0346. The molecule has 0 spiro atoms. The summed E-state index contributed by atoms with van der Waals surface area (Å²) in [6.45, 7) is -0.369. The SMILES string of the molecule is O=S(=O)(NCc1cc(F)c(F)c(F)c1)c1ccc(Cl)s1. The molecule has 108 valence electrons. The molecule has 0 aliphatic rings. The van der Waals surface area contributed by atoms with Crippen molar-refractivity contribution in [3.05, 3.63) is 51.6 Å². The van der Waals surface area contributed by atoms with Crippen molar-refractivity contribution in [3.63, 3.8) is 0 Å². The first-order valence-electron chi connectivity index (χ1n) is 5.18. The van der Waals surface area contributed by atoms with Crippen molar-refractivity contribution in [1.82, 2.24) is 4.72 Å². The van der Waals surface area contributed by atoms with E-state index in [0.717, 1.165) is 23.5 Å². The van der Waals surface area contributed by atoms with E-state index in [9.17, 15) is 21.6 Å². The molecule has 0 unspecified atom stereocenters. The van der Waals surface area contributed by atoms with Crippen molar-refractivity contribution in [1.29, 1.82) is 0 Å². The molecule has 0 saturated carbocycles. The normalized spacial score (nSPS) is 11.8. The fourth-order valence-electron chi connectivity index (χ4n) is 1.40. The molecule has 0 amide bonds. The highest BCUT2D eigenvalue weighted by atomic mass is 35.5. The largest absolute Gasteiger partial charge is 0.250 e. The molecule has 1 aromatic carbocycles. The van der Waals surface area contributed by atoms with Gasteiger partial charge in [-0.15, -0.1) is 11.3 Å². The summed E-state index contributed by atoms with van der Waals surface area (Å²) in [5, 5.41) is 0. The van der Waals surface area contributed by atoms with Crippen LogP contribution in [0.15, 0.2) is 28.5 Å². The standard InChI is InChI=1S/C11H7ClF3NO2S2/c12-9-1-2-10(19-9)20(17,18)16-5-6-3-7(13)11(15)8(14)4-6/h1-4,16H,5H2. The maximum atomic E-state index is 13.0. The molecule has 0 bridgehead atoms. The van der Waals surface area contributed by atoms with Crippen LogP contribution >= 0.6 is 22.9 Å². The molecule has 1 N–H and O–H groups in total. The lowest BCUT2D eigenvalue weighted by Gasteiger charge is -2.06. The van der Waals surface area contributed by atoms with Crippen LogP contribution < -0.4 is 4.72 Å². The Hall–Kier alpha value is -1.09. The first-order chi connectivity index (χ1) is 9.29. The monoisotopic (exact) mass is 341 g/mol. The number of nitrogens with one attached hydrogen (secondary N) is 1. The van der Waals surface area contributed by atoms with Crippen LogP contribution in [0.4, 0.5) is 13.2 Å². The van der Waals surface area contributed by atoms with E-state index in [0.29, 0.717) is 4.34 Å². The number of hydrogen-bond acceptors (Lipinski definition) is 3. The van der Waals surface area contributed by atoms with Gasteiger partial charge in [0.15, 0.2) is 17.5 Å². The zero-order chi connectivity index (χ0) is 14.9. The molecular weight excluding hydrogens is 335 g/mol. The Kier molecular flexibility index (Phi) is 4.38. The third-order valence-electron chi connectivity index (χ3n) is 2.32. The van der Waals surface area contributed by atoms with Gasteiger partial charge in [-0.05, 0) is 29.8 Å². The highest BCUT2D eigenvalue weighted by Gasteiger charge is 2.17. The van der Waals surface area contributed by atoms with E-state index in [-0.39, 0.29) is 16.3 Å². The Bertz CT molecular complexity index is 723. The molecule has 1 aromatic heterocycles. The molecule has 2 aromatic rings. The molecule has 3 nitrogen and oxygen atoms in total. The summed E-state index contributed by atoms with van der Waals surface area (Å²) in [5.74, 6) is -4.35. The molecule has 1 heterocycles. The van der Waals surface area contributed by atoms with Crippen LogP contribution in [-0.2, 0) is 16.6 Å². The van der Waals surface area contributed by atoms with Gasteiger partial charge < -0.3 is 0 Å². The van der Waals surface area contributed by atoms with E-state index in [4.69, 9.17) is 11.6 Å². The van der Waals surface area contributed by atoms with Gasteiger partial charge in [-0.25, -0.2) is 26.3 Å².